The van der Waals surface area contributed by atoms with Gasteiger partial charge in [0.15, 0.2) is 5.78 Å². The molecule has 0 amide bonds. The highest BCUT2D eigenvalue weighted by atomic mass is 79.9. The average Bonchev–Trinajstić information content (AvgIpc) is 2.06. The number of carbonyl (C=O) groups excluding carboxylic acids is 1. The van der Waals surface area contributed by atoms with Crippen molar-refractivity contribution in [3.8, 4) is 0 Å². The molecule has 0 saturated carbocycles. The van der Waals surface area contributed by atoms with Crippen molar-refractivity contribution in [3.63, 3.8) is 0 Å². The van der Waals surface area contributed by atoms with Crippen LogP contribution in [0.3, 0.4) is 0 Å². The fourth-order valence-corrected chi connectivity index (χ4v) is 1.63. The number of carbonyl (C=O) groups is 1. The first-order valence-electron chi connectivity index (χ1n) is 4.11. The first-order valence-corrected chi connectivity index (χ1v) is 4.91. The van der Waals surface area contributed by atoms with E-state index < -0.39 is 11.7 Å². The maximum Gasteiger partial charge on any atom is 0.417 e. The molecule has 0 heterocycles. The number of aryl methyl sites for hydroxylation is 1. The van der Waals surface area contributed by atoms with E-state index in [1.54, 1.807) is 0 Å². The van der Waals surface area contributed by atoms with Gasteiger partial charge in [0.05, 0.1) is 5.56 Å². The zero-order valence-electron chi connectivity index (χ0n) is 8.07. The van der Waals surface area contributed by atoms with Gasteiger partial charge >= 0.3 is 6.18 Å². The van der Waals surface area contributed by atoms with Crippen LogP contribution in [-0.4, -0.2) is 5.78 Å². The summed E-state index contributed by atoms with van der Waals surface area (Å²) < 4.78 is 37.6. The first kappa shape index (κ1) is 12.2. The molecule has 0 unspecified atom stereocenters. The molecule has 0 atom stereocenters. The second-order valence-electron chi connectivity index (χ2n) is 3.21. The Morgan fingerprint density at radius 1 is 1.33 bits per heavy atom. The Morgan fingerprint density at radius 3 is 2.27 bits per heavy atom. The van der Waals surface area contributed by atoms with Gasteiger partial charge in [-0.25, -0.2) is 0 Å². The Hall–Kier alpha value is -0.840. The normalized spacial score (nSPS) is 11.6. The van der Waals surface area contributed by atoms with Gasteiger partial charge < -0.3 is 0 Å². The SMILES string of the molecule is CC(=O)c1cc(C)c(Br)c(C(F)(F)F)c1. The van der Waals surface area contributed by atoms with Crippen LogP contribution in [0, 0.1) is 6.92 Å². The van der Waals surface area contributed by atoms with Crippen molar-refractivity contribution < 1.29 is 18.0 Å². The predicted molar refractivity (Wildman–Crippen MR) is 53.9 cm³/mol. The van der Waals surface area contributed by atoms with Gasteiger partial charge in [-0.05, 0) is 47.5 Å². The number of Topliss-reactive ketones (excluding diaryl/α,β-unsaturated/α-hetero) is 1. The van der Waals surface area contributed by atoms with E-state index in [1.165, 1.54) is 19.9 Å². The summed E-state index contributed by atoms with van der Waals surface area (Å²) in [6.07, 6.45) is -4.45. The van der Waals surface area contributed by atoms with Gasteiger partial charge in [-0.1, -0.05) is 0 Å². The summed E-state index contributed by atoms with van der Waals surface area (Å²) in [5.41, 5.74) is -0.342. The molecular weight excluding hydrogens is 273 g/mol. The fourth-order valence-electron chi connectivity index (χ4n) is 1.18. The third-order valence-electron chi connectivity index (χ3n) is 1.97. The van der Waals surface area contributed by atoms with Crippen LogP contribution in [0.15, 0.2) is 16.6 Å². The van der Waals surface area contributed by atoms with Gasteiger partial charge in [0, 0.05) is 10.0 Å². The van der Waals surface area contributed by atoms with Crippen molar-refractivity contribution in [2.75, 3.05) is 0 Å². The topological polar surface area (TPSA) is 17.1 Å². The zero-order valence-corrected chi connectivity index (χ0v) is 9.66. The van der Waals surface area contributed by atoms with Crippen LogP contribution in [0.4, 0.5) is 13.2 Å². The van der Waals surface area contributed by atoms with Crippen LogP contribution < -0.4 is 0 Å². The smallest absolute Gasteiger partial charge is 0.295 e. The Labute approximate surface area is 93.4 Å². The summed E-state index contributed by atoms with van der Waals surface area (Å²) in [5, 5.41) is 0. The van der Waals surface area contributed by atoms with E-state index in [9.17, 15) is 18.0 Å². The van der Waals surface area contributed by atoms with Gasteiger partial charge in [-0.15, -0.1) is 0 Å². The van der Waals surface area contributed by atoms with Crippen molar-refractivity contribution >= 4 is 21.7 Å². The standard InChI is InChI=1S/C10H8BrF3O/c1-5-3-7(6(2)15)4-8(9(5)11)10(12,13)14/h3-4H,1-2H3. The Balaban J connectivity index is 3.45. The minimum Gasteiger partial charge on any atom is -0.295 e. The van der Waals surface area contributed by atoms with Crippen LogP contribution in [0.25, 0.3) is 0 Å². The van der Waals surface area contributed by atoms with Crippen LogP contribution in [0.5, 0.6) is 0 Å². The minimum atomic E-state index is -4.45. The Kier molecular flexibility index (Phi) is 3.23. The molecular formula is C10H8BrF3O. The van der Waals surface area contributed by atoms with Crippen molar-refractivity contribution in [2.45, 2.75) is 20.0 Å². The van der Waals surface area contributed by atoms with Crippen LogP contribution in [0.2, 0.25) is 0 Å². The quantitative estimate of drug-likeness (QED) is 0.711. The van der Waals surface area contributed by atoms with Gasteiger partial charge in [-0.3, -0.25) is 4.79 Å². The molecule has 0 aromatic heterocycles. The predicted octanol–water partition coefficient (Wildman–Crippen LogP) is 3.98. The van der Waals surface area contributed by atoms with Crippen molar-refractivity contribution in [1.82, 2.24) is 0 Å². The molecule has 1 nitrogen and oxygen atoms in total. The molecule has 5 heteroatoms. The van der Waals surface area contributed by atoms with Crippen molar-refractivity contribution in [1.29, 1.82) is 0 Å². The average molecular weight is 281 g/mol. The molecule has 0 aliphatic rings. The largest absolute Gasteiger partial charge is 0.417 e. The summed E-state index contributed by atoms with van der Waals surface area (Å²) in [6.45, 7) is 2.76. The van der Waals surface area contributed by atoms with E-state index in [-0.39, 0.29) is 15.8 Å². The number of rotatable bonds is 1. The first-order chi connectivity index (χ1) is 6.73. The summed E-state index contributed by atoms with van der Waals surface area (Å²) in [5.74, 6) is -0.379. The fraction of sp³-hybridized carbons (Fsp3) is 0.300. The second-order valence-corrected chi connectivity index (χ2v) is 4.00. The van der Waals surface area contributed by atoms with Crippen LogP contribution in [-0.2, 0) is 6.18 Å². The van der Waals surface area contributed by atoms with Gasteiger partial charge in [-0.2, -0.15) is 13.2 Å². The lowest BCUT2D eigenvalue weighted by Crippen LogP contribution is -2.09. The number of hydrogen-bond donors (Lipinski definition) is 0. The number of halogens is 4. The molecule has 1 aromatic carbocycles. The maximum atomic E-state index is 12.5. The summed E-state index contributed by atoms with van der Waals surface area (Å²) in [4.78, 5) is 11.0. The lowest BCUT2D eigenvalue weighted by atomic mass is 10.0. The van der Waals surface area contributed by atoms with E-state index in [4.69, 9.17) is 0 Å². The number of ketones is 1. The molecule has 0 aliphatic carbocycles. The molecule has 15 heavy (non-hydrogen) atoms. The van der Waals surface area contributed by atoms with Crippen molar-refractivity contribution in [2.24, 2.45) is 0 Å². The van der Waals surface area contributed by atoms with E-state index in [0.717, 1.165) is 6.07 Å². The molecule has 1 aromatic rings. The lowest BCUT2D eigenvalue weighted by molar-refractivity contribution is -0.138. The number of benzene rings is 1. The number of hydrogen-bond acceptors (Lipinski definition) is 1. The van der Waals surface area contributed by atoms with Gasteiger partial charge in [0.25, 0.3) is 0 Å². The summed E-state index contributed by atoms with van der Waals surface area (Å²) in [7, 11) is 0. The van der Waals surface area contributed by atoms with E-state index >= 15 is 0 Å². The molecule has 82 valence electrons. The lowest BCUT2D eigenvalue weighted by Gasteiger charge is -2.12. The molecule has 0 aliphatic heterocycles. The molecule has 0 N–H and O–H groups in total. The monoisotopic (exact) mass is 280 g/mol. The maximum absolute atomic E-state index is 12.5. The van der Waals surface area contributed by atoms with Crippen molar-refractivity contribution in [3.05, 3.63) is 33.3 Å². The van der Waals surface area contributed by atoms with E-state index in [2.05, 4.69) is 15.9 Å². The third kappa shape index (κ3) is 2.59. The molecule has 0 fully saturated rings. The molecule has 1 rings (SSSR count). The zero-order chi connectivity index (χ0) is 11.8. The molecule has 0 saturated heterocycles. The molecule has 0 bridgehead atoms. The Bertz CT molecular complexity index is 410. The van der Waals surface area contributed by atoms with Gasteiger partial charge in [0.2, 0.25) is 0 Å². The second kappa shape index (κ2) is 3.96. The summed E-state index contributed by atoms with van der Waals surface area (Å²) in [6, 6.07) is 2.29. The van der Waals surface area contributed by atoms with Crippen LogP contribution >= 0.6 is 15.9 Å². The van der Waals surface area contributed by atoms with Gasteiger partial charge in [0.1, 0.15) is 0 Å². The number of alkyl halides is 3. The van der Waals surface area contributed by atoms with E-state index in [1.807, 2.05) is 0 Å². The molecule has 0 radical (unpaired) electrons. The van der Waals surface area contributed by atoms with Crippen LogP contribution in [0.1, 0.15) is 28.4 Å². The minimum absolute atomic E-state index is 0.0139. The highest BCUT2D eigenvalue weighted by Gasteiger charge is 2.34. The highest BCUT2D eigenvalue weighted by Crippen LogP contribution is 2.37. The molecule has 0 spiro atoms. The third-order valence-corrected chi connectivity index (χ3v) is 3.02. The Morgan fingerprint density at radius 2 is 1.87 bits per heavy atom. The highest BCUT2D eigenvalue weighted by molar-refractivity contribution is 9.10. The van der Waals surface area contributed by atoms with E-state index in [0.29, 0.717) is 5.56 Å². The summed E-state index contributed by atoms with van der Waals surface area (Å²) >= 11 is 2.87.